The van der Waals surface area contributed by atoms with E-state index in [1.54, 1.807) is 36.4 Å². The summed E-state index contributed by atoms with van der Waals surface area (Å²) in [5.41, 5.74) is 0.285. The number of halogens is 3. The van der Waals surface area contributed by atoms with Crippen LogP contribution in [-0.4, -0.2) is 9.78 Å². The molecule has 0 aliphatic carbocycles. The zero-order chi connectivity index (χ0) is 20.0. The van der Waals surface area contributed by atoms with Crippen LogP contribution in [0.2, 0.25) is 0 Å². The highest BCUT2D eigenvalue weighted by Crippen LogP contribution is 2.41. The van der Waals surface area contributed by atoms with Crippen LogP contribution < -0.4 is 0 Å². The van der Waals surface area contributed by atoms with Crippen molar-refractivity contribution < 1.29 is 13.2 Å². The van der Waals surface area contributed by atoms with Crippen molar-refractivity contribution in [3.8, 4) is 16.8 Å². The second-order valence-corrected chi connectivity index (χ2v) is 6.86. The molecule has 0 N–H and O–H groups in total. The van der Waals surface area contributed by atoms with Crippen LogP contribution in [0.1, 0.15) is 5.69 Å². The summed E-state index contributed by atoms with van der Waals surface area (Å²) in [6, 6.07) is 25.9. The molecular formula is C24H15F3N2. The van der Waals surface area contributed by atoms with Crippen molar-refractivity contribution in [3.63, 3.8) is 0 Å². The lowest BCUT2D eigenvalue weighted by molar-refractivity contribution is -0.140. The number of hydrogen-bond acceptors (Lipinski definition) is 1. The van der Waals surface area contributed by atoms with E-state index in [9.17, 15) is 13.2 Å². The molecular weight excluding hydrogens is 373 g/mol. The van der Waals surface area contributed by atoms with Crippen molar-refractivity contribution in [2.45, 2.75) is 6.18 Å². The van der Waals surface area contributed by atoms with Crippen molar-refractivity contribution >= 4 is 21.5 Å². The summed E-state index contributed by atoms with van der Waals surface area (Å²) in [7, 11) is 0. The average Bonchev–Trinajstić information content (AvgIpc) is 3.20. The average molecular weight is 388 g/mol. The Hall–Kier alpha value is -3.60. The van der Waals surface area contributed by atoms with Gasteiger partial charge >= 0.3 is 6.18 Å². The highest BCUT2D eigenvalue weighted by molar-refractivity contribution is 6.14. The van der Waals surface area contributed by atoms with Crippen molar-refractivity contribution in [3.05, 3.63) is 96.8 Å². The SMILES string of the molecule is FC(F)(F)c1nn(-c2ccccc2)cc1-c1cccc2ccc3ccccc3c12. The second kappa shape index (κ2) is 6.48. The molecule has 142 valence electrons. The molecule has 29 heavy (non-hydrogen) atoms. The first-order valence-electron chi connectivity index (χ1n) is 9.15. The van der Waals surface area contributed by atoms with Gasteiger partial charge in [-0.25, -0.2) is 4.68 Å². The van der Waals surface area contributed by atoms with Gasteiger partial charge in [0.1, 0.15) is 0 Å². The summed E-state index contributed by atoms with van der Waals surface area (Å²) < 4.78 is 43.0. The first-order valence-corrected chi connectivity index (χ1v) is 9.15. The number of fused-ring (bicyclic) bond motifs is 3. The number of hydrogen-bond donors (Lipinski definition) is 0. The first-order chi connectivity index (χ1) is 14.0. The Morgan fingerprint density at radius 2 is 1.34 bits per heavy atom. The Morgan fingerprint density at radius 3 is 2.14 bits per heavy atom. The number of aromatic nitrogens is 2. The quantitative estimate of drug-likeness (QED) is 0.302. The first kappa shape index (κ1) is 17.5. The molecule has 1 heterocycles. The fraction of sp³-hybridized carbons (Fsp3) is 0.0417. The minimum atomic E-state index is -4.57. The van der Waals surface area contributed by atoms with E-state index in [4.69, 9.17) is 0 Å². The minimum Gasteiger partial charge on any atom is -0.240 e. The van der Waals surface area contributed by atoms with E-state index in [-0.39, 0.29) is 5.56 Å². The van der Waals surface area contributed by atoms with Gasteiger partial charge in [0, 0.05) is 11.8 Å². The van der Waals surface area contributed by atoms with E-state index >= 15 is 0 Å². The number of para-hydroxylation sites is 1. The summed E-state index contributed by atoms with van der Waals surface area (Å²) in [4.78, 5) is 0. The zero-order valence-corrected chi connectivity index (χ0v) is 15.2. The van der Waals surface area contributed by atoms with Gasteiger partial charge in [0.2, 0.25) is 0 Å². The lowest BCUT2D eigenvalue weighted by Crippen LogP contribution is -2.08. The van der Waals surface area contributed by atoms with E-state index in [0.717, 1.165) is 21.5 Å². The normalized spacial score (nSPS) is 12.0. The lowest BCUT2D eigenvalue weighted by Gasteiger charge is -2.11. The third-order valence-corrected chi connectivity index (χ3v) is 5.06. The van der Waals surface area contributed by atoms with Crippen molar-refractivity contribution in [2.75, 3.05) is 0 Å². The summed E-state index contributed by atoms with van der Waals surface area (Å²) in [6.07, 6.45) is -3.10. The fourth-order valence-corrected chi connectivity index (χ4v) is 3.78. The lowest BCUT2D eigenvalue weighted by atomic mass is 9.94. The molecule has 0 saturated carbocycles. The summed E-state index contributed by atoms with van der Waals surface area (Å²) in [5.74, 6) is 0. The minimum absolute atomic E-state index is 0.0725. The van der Waals surface area contributed by atoms with Crippen molar-refractivity contribution in [1.29, 1.82) is 0 Å². The van der Waals surface area contributed by atoms with Crippen molar-refractivity contribution in [2.24, 2.45) is 0 Å². The van der Waals surface area contributed by atoms with Crippen LogP contribution in [0.3, 0.4) is 0 Å². The van der Waals surface area contributed by atoms with Gasteiger partial charge in [-0.1, -0.05) is 72.8 Å². The Morgan fingerprint density at radius 1 is 0.655 bits per heavy atom. The highest BCUT2D eigenvalue weighted by atomic mass is 19.4. The van der Waals surface area contributed by atoms with Gasteiger partial charge in [0.25, 0.3) is 0 Å². The topological polar surface area (TPSA) is 17.8 Å². The Kier molecular flexibility index (Phi) is 3.91. The van der Waals surface area contributed by atoms with E-state index < -0.39 is 11.9 Å². The molecule has 0 fully saturated rings. The van der Waals surface area contributed by atoms with Crippen LogP contribution in [0.15, 0.2) is 91.1 Å². The van der Waals surface area contributed by atoms with Gasteiger partial charge in [0.15, 0.2) is 5.69 Å². The van der Waals surface area contributed by atoms with Crippen LogP contribution >= 0.6 is 0 Å². The third kappa shape index (κ3) is 2.95. The van der Waals surface area contributed by atoms with E-state index in [1.807, 2.05) is 48.5 Å². The fourth-order valence-electron chi connectivity index (χ4n) is 3.78. The molecule has 0 unspecified atom stereocenters. The molecule has 0 aliphatic rings. The maximum Gasteiger partial charge on any atom is 0.435 e. The van der Waals surface area contributed by atoms with Gasteiger partial charge in [-0.2, -0.15) is 18.3 Å². The molecule has 0 bridgehead atoms. The smallest absolute Gasteiger partial charge is 0.240 e. The Balaban J connectivity index is 1.85. The third-order valence-electron chi connectivity index (χ3n) is 5.06. The van der Waals surface area contributed by atoms with Gasteiger partial charge in [-0.05, 0) is 39.2 Å². The molecule has 0 saturated heterocycles. The highest BCUT2D eigenvalue weighted by Gasteiger charge is 2.38. The molecule has 0 atom stereocenters. The number of alkyl halides is 3. The Labute approximate surface area is 164 Å². The van der Waals surface area contributed by atoms with E-state index in [2.05, 4.69) is 5.10 Å². The zero-order valence-electron chi connectivity index (χ0n) is 15.2. The molecule has 4 aromatic carbocycles. The molecule has 0 aliphatic heterocycles. The van der Waals surface area contributed by atoms with Crippen LogP contribution in [0.5, 0.6) is 0 Å². The maximum atomic E-state index is 13.9. The summed E-state index contributed by atoms with van der Waals surface area (Å²) in [5, 5.41) is 7.49. The van der Waals surface area contributed by atoms with Crippen LogP contribution in [0, 0.1) is 0 Å². The molecule has 0 spiro atoms. The molecule has 0 radical (unpaired) electrons. The van der Waals surface area contributed by atoms with Gasteiger partial charge in [-0.3, -0.25) is 0 Å². The monoisotopic (exact) mass is 388 g/mol. The Bertz CT molecular complexity index is 1340. The molecule has 0 amide bonds. The molecule has 5 rings (SSSR count). The van der Waals surface area contributed by atoms with Gasteiger partial charge in [0.05, 0.1) is 5.69 Å². The predicted octanol–water partition coefficient (Wildman–Crippen LogP) is 6.86. The van der Waals surface area contributed by atoms with Gasteiger partial charge in [-0.15, -0.1) is 0 Å². The second-order valence-electron chi connectivity index (χ2n) is 6.86. The maximum absolute atomic E-state index is 13.9. The summed E-state index contributed by atoms with van der Waals surface area (Å²) in [6.45, 7) is 0. The summed E-state index contributed by atoms with van der Waals surface area (Å²) >= 11 is 0. The van der Waals surface area contributed by atoms with Crippen LogP contribution in [0.4, 0.5) is 13.2 Å². The number of benzene rings is 4. The molecule has 5 aromatic rings. The number of nitrogens with zero attached hydrogens (tertiary/aromatic N) is 2. The number of rotatable bonds is 2. The standard InChI is InChI=1S/C24H15F3N2/c25-24(26,27)23-21(15-29(28-23)18-9-2-1-3-10-18)20-12-6-8-17-14-13-16-7-4-5-11-19(16)22(17)20/h1-15H. The van der Waals surface area contributed by atoms with Crippen LogP contribution in [-0.2, 0) is 6.18 Å². The van der Waals surface area contributed by atoms with Crippen molar-refractivity contribution in [1.82, 2.24) is 9.78 Å². The van der Waals surface area contributed by atoms with E-state index in [1.165, 1.54) is 10.9 Å². The van der Waals surface area contributed by atoms with E-state index in [0.29, 0.717) is 11.3 Å². The van der Waals surface area contributed by atoms with Crippen LogP contribution in [0.25, 0.3) is 38.4 Å². The molecule has 1 aromatic heterocycles. The molecule has 2 nitrogen and oxygen atoms in total. The largest absolute Gasteiger partial charge is 0.435 e. The predicted molar refractivity (Wildman–Crippen MR) is 109 cm³/mol. The van der Waals surface area contributed by atoms with Gasteiger partial charge < -0.3 is 0 Å². The molecule has 5 heteroatoms.